The number of carbonyl (C=O) groups is 1. The van der Waals surface area contributed by atoms with Crippen molar-refractivity contribution in [3.05, 3.63) is 58.7 Å². The number of hydrogen-bond donors (Lipinski definition) is 1. The molecule has 2 rings (SSSR count). The molecule has 0 amide bonds. The fourth-order valence-corrected chi connectivity index (χ4v) is 2.20. The van der Waals surface area contributed by atoms with E-state index in [-0.39, 0.29) is 0 Å². The molecule has 0 saturated heterocycles. The molecule has 0 unspecified atom stereocenters. The first-order valence-electron chi connectivity index (χ1n) is 6.23. The molecule has 2 nitrogen and oxygen atoms in total. The number of alkyl halides is 3. The Labute approximate surface area is 119 Å². The van der Waals surface area contributed by atoms with E-state index in [1.807, 2.05) is 19.9 Å². The average Bonchev–Trinajstić information content (AvgIpc) is 2.40. The minimum absolute atomic E-state index is 0.355. The minimum Gasteiger partial charge on any atom is -0.478 e. The SMILES string of the molecule is Cc1cccc(-c2ccc(C(=O)O)c(C(F)(F)F)c2)c1C. The summed E-state index contributed by atoms with van der Waals surface area (Å²) in [6.45, 7) is 3.69. The molecule has 0 bridgehead atoms. The molecule has 21 heavy (non-hydrogen) atoms. The van der Waals surface area contributed by atoms with Crippen molar-refractivity contribution in [2.24, 2.45) is 0 Å². The quantitative estimate of drug-likeness (QED) is 0.872. The predicted octanol–water partition coefficient (Wildman–Crippen LogP) is 4.69. The van der Waals surface area contributed by atoms with Gasteiger partial charge in [-0.2, -0.15) is 13.2 Å². The monoisotopic (exact) mass is 294 g/mol. The van der Waals surface area contributed by atoms with E-state index >= 15 is 0 Å². The van der Waals surface area contributed by atoms with Gasteiger partial charge in [0.25, 0.3) is 0 Å². The molecule has 5 heteroatoms. The van der Waals surface area contributed by atoms with E-state index in [4.69, 9.17) is 5.11 Å². The maximum absolute atomic E-state index is 13.0. The van der Waals surface area contributed by atoms with Gasteiger partial charge in [-0.3, -0.25) is 0 Å². The predicted molar refractivity (Wildman–Crippen MR) is 73.3 cm³/mol. The maximum atomic E-state index is 13.0. The second-order valence-electron chi connectivity index (χ2n) is 4.81. The van der Waals surface area contributed by atoms with Crippen LogP contribution in [0, 0.1) is 13.8 Å². The van der Waals surface area contributed by atoms with E-state index < -0.39 is 23.3 Å². The van der Waals surface area contributed by atoms with Gasteiger partial charge >= 0.3 is 12.1 Å². The lowest BCUT2D eigenvalue weighted by Crippen LogP contribution is -2.13. The van der Waals surface area contributed by atoms with Crippen LogP contribution in [0.5, 0.6) is 0 Å². The number of carboxylic acids is 1. The molecule has 0 aliphatic carbocycles. The highest BCUT2D eigenvalue weighted by Gasteiger charge is 2.35. The van der Waals surface area contributed by atoms with Gasteiger partial charge in [0, 0.05) is 0 Å². The Balaban J connectivity index is 2.68. The van der Waals surface area contributed by atoms with E-state index in [0.717, 1.165) is 23.3 Å². The molecule has 0 fully saturated rings. The average molecular weight is 294 g/mol. The Morgan fingerprint density at radius 1 is 1.10 bits per heavy atom. The van der Waals surface area contributed by atoms with Gasteiger partial charge in [-0.25, -0.2) is 4.79 Å². The summed E-state index contributed by atoms with van der Waals surface area (Å²) in [7, 11) is 0. The van der Waals surface area contributed by atoms with Crippen molar-refractivity contribution in [1.29, 1.82) is 0 Å². The zero-order chi connectivity index (χ0) is 15.8. The van der Waals surface area contributed by atoms with Crippen molar-refractivity contribution in [3.8, 4) is 11.1 Å². The van der Waals surface area contributed by atoms with Crippen LogP contribution in [0.4, 0.5) is 13.2 Å². The molecule has 0 aliphatic heterocycles. The summed E-state index contributed by atoms with van der Waals surface area (Å²) in [5, 5.41) is 8.89. The fourth-order valence-electron chi connectivity index (χ4n) is 2.20. The third kappa shape index (κ3) is 2.91. The summed E-state index contributed by atoms with van der Waals surface area (Å²) in [5.41, 5.74) is 0.980. The van der Waals surface area contributed by atoms with Gasteiger partial charge in [0.15, 0.2) is 0 Å². The van der Waals surface area contributed by atoms with E-state index in [9.17, 15) is 18.0 Å². The van der Waals surface area contributed by atoms with E-state index in [1.54, 1.807) is 12.1 Å². The number of aryl methyl sites for hydroxylation is 1. The number of halogens is 3. The summed E-state index contributed by atoms with van der Waals surface area (Å²) in [6, 6.07) is 8.65. The zero-order valence-corrected chi connectivity index (χ0v) is 11.5. The van der Waals surface area contributed by atoms with Crippen LogP contribution in [-0.2, 0) is 6.18 Å². The lowest BCUT2D eigenvalue weighted by molar-refractivity contribution is -0.138. The number of aromatic carboxylic acids is 1. The summed E-state index contributed by atoms with van der Waals surface area (Å²) in [6.07, 6.45) is -4.71. The van der Waals surface area contributed by atoms with Gasteiger partial charge < -0.3 is 5.11 Å². The summed E-state index contributed by atoms with van der Waals surface area (Å²) >= 11 is 0. The van der Waals surface area contributed by atoms with Gasteiger partial charge in [0.05, 0.1) is 11.1 Å². The molecule has 0 atom stereocenters. The van der Waals surface area contributed by atoms with Crippen LogP contribution in [0.15, 0.2) is 36.4 Å². The molecular formula is C16H13F3O2. The molecule has 1 N–H and O–H groups in total. The third-order valence-corrected chi connectivity index (χ3v) is 3.47. The highest BCUT2D eigenvalue weighted by Crippen LogP contribution is 2.36. The molecule has 2 aromatic rings. The van der Waals surface area contributed by atoms with Gasteiger partial charge in [0.1, 0.15) is 0 Å². The Morgan fingerprint density at radius 2 is 1.76 bits per heavy atom. The van der Waals surface area contributed by atoms with Crippen molar-refractivity contribution in [1.82, 2.24) is 0 Å². The number of rotatable bonds is 2. The van der Waals surface area contributed by atoms with Gasteiger partial charge in [-0.15, -0.1) is 0 Å². The summed E-state index contributed by atoms with van der Waals surface area (Å²) in [5.74, 6) is -1.59. The minimum atomic E-state index is -4.71. The van der Waals surface area contributed by atoms with Gasteiger partial charge in [-0.1, -0.05) is 24.3 Å². The highest BCUT2D eigenvalue weighted by molar-refractivity contribution is 5.90. The lowest BCUT2D eigenvalue weighted by atomic mass is 9.94. The molecule has 0 aromatic heterocycles. The van der Waals surface area contributed by atoms with Crippen LogP contribution in [0.25, 0.3) is 11.1 Å². The van der Waals surface area contributed by atoms with E-state index in [2.05, 4.69) is 0 Å². The van der Waals surface area contributed by atoms with Crippen molar-refractivity contribution >= 4 is 5.97 Å². The van der Waals surface area contributed by atoms with Gasteiger partial charge in [0.2, 0.25) is 0 Å². The fraction of sp³-hybridized carbons (Fsp3) is 0.188. The van der Waals surface area contributed by atoms with Crippen LogP contribution in [0.3, 0.4) is 0 Å². The Bertz CT molecular complexity index is 703. The Hall–Kier alpha value is -2.30. The Morgan fingerprint density at radius 3 is 2.33 bits per heavy atom. The lowest BCUT2D eigenvalue weighted by Gasteiger charge is -2.14. The highest BCUT2D eigenvalue weighted by atomic mass is 19.4. The molecule has 0 spiro atoms. The topological polar surface area (TPSA) is 37.3 Å². The number of carboxylic acid groups (broad SMARTS) is 1. The van der Waals surface area contributed by atoms with Crippen molar-refractivity contribution in [3.63, 3.8) is 0 Å². The molecule has 0 radical (unpaired) electrons. The molecule has 0 aliphatic rings. The van der Waals surface area contributed by atoms with Crippen LogP contribution in [-0.4, -0.2) is 11.1 Å². The molecular weight excluding hydrogens is 281 g/mol. The first kappa shape index (κ1) is 15.1. The maximum Gasteiger partial charge on any atom is 0.417 e. The number of hydrogen-bond acceptors (Lipinski definition) is 1. The standard InChI is InChI=1S/C16H13F3O2/c1-9-4-3-5-12(10(9)2)11-6-7-13(15(20)21)14(8-11)16(17,18)19/h3-8H,1-2H3,(H,20,21). The smallest absolute Gasteiger partial charge is 0.417 e. The van der Waals surface area contributed by atoms with Crippen LogP contribution < -0.4 is 0 Å². The van der Waals surface area contributed by atoms with Gasteiger partial charge in [-0.05, 0) is 48.2 Å². The zero-order valence-electron chi connectivity index (χ0n) is 11.5. The first-order valence-corrected chi connectivity index (χ1v) is 6.23. The van der Waals surface area contributed by atoms with Crippen molar-refractivity contribution < 1.29 is 23.1 Å². The largest absolute Gasteiger partial charge is 0.478 e. The molecule has 110 valence electrons. The molecule has 0 heterocycles. The normalized spacial score (nSPS) is 11.5. The van der Waals surface area contributed by atoms with E-state index in [1.165, 1.54) is 6.07 Å². The van der Waals surface area contributed by atoms with Crippen molar-refractivity contribution in [2.75, 3.05) is 0 Å². The molecule has 2 aromatic carbocycles. The summed E-state index contributed by atoms with van der Waals surface area (Å²) < 4.78 is 39.1. The van der Waals surface area contributed by atoms with Crippen LogP contribution in [0.2, 0.25) is 0 Å². The summed E-state index contributed by atoms with van der Waals surface area (Å²) in [4.78, 5) is 10.9. The molecule has 0 saturated carbocycles. The van der Waals surface area contributed by atoms with Crippen LogP contribution >= 0.6 is 0 Å². The Kier molecular flexibility index (Phi) is 3.77. The second kappa shape index (κ2) is 5.24. The van der Waals surface area contributed by atoms with Crippen molar-refractivity contribution in [2.45, 2.75) is 20.0 Å². The van der Waals surface area contributed by atoms with E-state index in [0.29, 0.717) is 11.1 Å². The second-order valence-corrected chi connectivity index (χ2v) is 4.81. The first-order chi connectivity index (χ1) is 9.71. The third-order valence-electron chi connectivity index (χ3n) is 3.47. The van der Waals surface area contributed by atoms with Crippen LogP contribution in [0.1, 0.15) is 27.0 Å². The number of benzene rings is 2.